The fourth-order valence-corrected chi connectivity index (χ4v) is 2.48. The number of benzene rings is 2. The number of carbonyl (C=O) groups excluding carboxylic acids is 1. The zero-order valence-corrected chi connectivity index (χ0v) is 14.7. The zero-order chi connectivity index (χ0) is 20.1. The first-order valence-corrected chi connectivity index (χ1v) is 8.08. The van der Waals surface area contributed by atoms with Crippen molar-refractivity contribution < 1.29 is 32.2 Å². The Morgan fingerprint density at radius 2 is 2.00 bits per heavy atom. The number of fused-ring (bicyclic) bond motifs is 1. The van der Waals surface area contributed by atoms with Crippen molar-refractivity contribution >= 4 is 22.6 Å². The second-order valence-corrected chi connectivity index (χ2v) is 5.74. The summed E-state index contributed by atoms with van der Waals surface area (Å²) in [6, 6.07) is 10.6. The van der Waals surface area contributed by atoms with Gasteiger partial charge in [-0.15, -0.1) is 13.2 Å². The van der Waals surface area contributed by atoms with Crippen LogP contribution in [0.1, 0.15) is 5.56 Å². The highest BCUT2D eigenvalue weighted by atomic mass is 19.4. The standard InChI is InChI=1S/C18H16F3N3O4/c1-26-10-16(25)22-17-14-8-12(5-6-15(14)23-24-17)27-9-11-3-2-4-13(7-11)28-18(19,20)21/h2-8H,9-10H2,1H3,(H2,22,23,24,25). The van der Waals surface area contributed by atoms with Crippen LogP contribution in [0.3, 0.4) is 0 Å². The number of H-pyrrole nitrogens is 1. The average Bonchev–Trinajstić information content (AvgIpc) is 3.01. The molecule has 3 rings (SSSR count). The fraction of sp³-hybridized carbons (Fsp3) is 0.222. The van der Waals surface area contributed by atoms with Crippen molar-refractivity contribution in [2.45, 2.75) is 13.0 Å². The molecule has 0 spiro atoms. The minimum atomic E-state index is -4.75. The predicted molar refractivity (Wildman–Crippen MR) is 94.1 cm³/mol. The monoisotopic (exact) mass is 395 g/mol. The lowest BCUT2D eigenvalue weighted by molar-refractivity contribution is -0.274. The molecule has 3 aromatic rings. The maximum atomic E-state index is 12.3. The maximum Gasteiger partial charge on any atom is 0.573 e. The van der Waals surface area contributed by atoms with E-state index in [1.807, 2.05) is 0 Å². The van der Waals surface area contributed by atoms with Gasteiger partial charge in [0.05, 0.1) is 5.52 Å². The molecule has 0 atom stereocenters. The lowest BCUT2D eigenvalue weighted by Gasteiger charge is -2.11. The van der Waals surface area contributed by atoms with Crippen LogP contribution >= 0.6 is 0 Å². The van der Waals surface area contributed by atoms with Gasteiger partial charge in [-0.05, 0) is 35.9 Å². The van der Waals surface area contributed by atoms with E-state index in [1.54, 1.807) is 24.3 Å². The number of ether oxygens (including phenoxy) is 3. The number of alkyl halides is 3. The molecular weight excluding hydrogens is 379 g/mol. The smallest absolute Gasteiger partial charge is 0.489 e. The van der Waals surface area contributed by atoms with Gasteiger partial charge in [-0.25, -0.2) is 0 Å². The van der Waals surface area contributed by atoms with Crippen molar-refractivity contribution in [2.24, 2.45) is 0 Å². The van der Waals surface area contributed by atoms with Crippen molar-refractivity contribution in [1.82, 2.24) is 10.2 Å². The third-order valence-corrected chi connectivity index (χ3v) is 3.61. The molecule has 7 nitrogen and oxygen atoms in total. The van der Waals surface area contributed by atoms with Gasteiger partial charge in [0.2, 0.25) is 0 Å². The third kappa shape index (κ3) is 5.13. The molecule has 0 aliphatic heterocycles. The van der Waals surface area contributed by atoms with Crippen LogP contribution in [0.25, 0.3) is 10.9 Å². The molecule has 1 aromatic heterocycles. The van der Waals surface area contributed by atoms with E-state index in [4.69, 9.17) is 9.47 Å². The van der Waals surface area contributed by atoms with E-state index in [2.05, 4.69) is 20.3 Å². The highest BCUT2D eigenvalue weighted by molar-refractivity contribution is 6.00. The van der Waals surface area contributed by atoms with E-state index in [0.29, 0.717) is 28.0 Å². The first kappa shape index (κ1) is 19.5. The number of halogens is 3. The molecule has 148 valence electrons. The number of rotatable bonds is 7. The molecule has 0 unspecified atom stereocenters. The number of nitrogens with zero attached hydrogens (tertiary/aromatic N) is 1. The Hall–Kier alpha value is -3.27. The first-order chi connectivity index (χ1) is 13.3. The number of hydrogen-bond acceptors (Lipinski definition) is 5. The van der Waals surface area contributed by atoms with Crippen LogP contribution < -0.4 is 14.8 Å². The van der Waals surface area contributed by atoms with E-state index in [-0.39, 0.29) is 24.9 Å². The van der Waals surface area contributed by atoms with Gasteiger partial charge in [0.15, 0.2) is 5.82 Å². The molecule has 0 fully saturated rings. The first-order valence-electron chi connectivity index (χ1n) is 8.08. The summed E-state index contributed by atoms with van der Waals surface area (Å²) in [4.78, 5) is 11.7. The molecule has 1 amide bonds. The largest absolute Gasteiger partial charge is 0.573 e. The maximum absolute atomic E-state index is 12.3. The second kappa shape index (κ2) is 8.17. The quantitative estimate of drug-likeness (QED) is 0.638. The normalized spacial score (nSPS) is 11.4. The topological polar surface area (TPSA) is 85.5 Å². The number of aromatic amines is 1. The van der Waals surface area contributed by atoms with Gasteiger partial charge in [0, 0.05) is 12.5 Å². The number of carbonyl (C=O) groups is 1. The van der Waals surface area contributed by atoms with Gasteiger partial charge in [-0.3, -0.25) is 9.89 Å². The summed E-state index contributed by atoms with van der Waals surface area (Å²) in [5, 5.41) is 10.0. The number of amides is 1. The molecular formula is C18H16F3N3O4. The lowest BCUT2D eigenvalue weighted by atomic mass is 10.2. The molecule has 0 saturated carbocycles. The van der Waals surface area contributed by atoms with Crippen molar-refractivity contribution in [3.8, 4) is 11.5 Å². The fourth-order valence-electron chi connectivity index (χ4n) is 2.48. The Morgan fingerprint density at radius 1 is 1.18 bits per heavy atom. The number of methoxy groups -OCH3 is 1. The molecule has 0 aliphatic carbocycles. The SMILES string of the molecule is COCC(=O)Nc1n[nH]c2ccc(OCc3cccc(OC(F)(F)F)c3)cc12. The summed E-state index contributed by atoms with van der Waals surface area (Å²) in [5.74, 6) is 0.104. The van der Waals surface area contributed by atoms with Gasteiger partial charge in [-0.2, -0.15) is 5.10 Å². The number of aromatic nitrogens is 2. The number of hydrogen-bond donors (Lipinski definition) is 2. The van der Waals surface area contributed by atoms with Gasteiger partial charge < -0.3 is 19.5 Å². The van der Waals surface area contributed by atoms with Crippen LogP contribution in [0.5, 0.6) is 11.5 Å². The molecule has 0 aliphatic rings. The van der Waals surface area contributed by atoms with Crippen LogP contribution in [0.4, 0.5) is 19.0 Å². The molecule has 0 bridgehead atoms. The molecule has 10 heteroatoms. The summed E-state index contributed by atoms with van der Waals surface area (Å²) in [6.07, 6.45) is -4.75. The Balaban J connectivity index is 1.71. The highest BCUT2D eigenvalue weighted by Crippen LogP contribution is 2.27. The van der Waals surface area contributed by atoms with Crippen molar-refractivity contribution in [3.05, 3.63) is 48.0 Å². The Kier molecular flexibility index (Phi) is 5.69. The number of anilines is 1. The lowest BCUT2D eigenvalue weighted by Crippen LogP contribution is -2.17. The summed E-state index contributed by atoms with van der Waals surface area (Å²) in [5.41, 5.74) is 1.18. The van der Waals surface area contributed by atoms with E-state index in [1.165, 1.54) is 25.3 Å². The second-order valence-electron chi connectivity index (χ2n) is 5.74. The van der Waals surface area contributed by atoms with Crippen molar-refractivity contribution in [3.63, 3.8) is 0 Å². The van der Waals surface area contributed by atoms with Crippen LogP contribution in [0.2, 0.25) is 0 Å². The van der Waals surface area contributed by atoms with Crippen LogP contribution in [0.15, 0.2) is 42.5 Å². The summed E-state index contributed by atoms with van der Waals surface area (Å²) in [6.45, 7) is -0.0787. The highest BCUT2D eigenvalue weighted by Gasteiger charge is 2.31. The zero-order valence-electron chi connectivity index (χ0n) is 14.7. The predicted octanol–water partition coefficient (Wildman–Crippen LogP) is 3.63. The van der Waals surface area contributed by atoms with Crippen LogP contribution in [-0.2, 0) is 16.1 Å². The van der Waals surface area contributed by atoms with Gasteiger partial charge in [0.1, 0.15) is 24.7 Å². The van der Waals surface area contributed by atoms with Gasteiger partial charge >= 0.3 is 6.36 Å². The van der Waals surface area contributed by atoms with Crippen LogP contribution in [-0.4, -0.2) is 36.2 Å². The molecule has 2 N–H and O–H groups in total. The number of nitrogens with one attached hydrogen (secondary N) is 2. The van der Waals surface area contributed by atoms with E-state index >= 15 is 0 Å². The molecule has 1 heterocycles. The van der Waals surface area contributed by atoms with Crippen molar-refractivity contribution in [2.75, 3.05) is 19.0 Å². The van der Waals surface area contributed by atoms with Crippen LogP contribution in [0, 0.1) is 0 Å². The molecule has 0 radical (unpaired) electrons. The average molecular weight is 395 g/mol. The summed E-state index contributed by atoms with van der Waals surface area (Å²) >= 11 is 0. The Bertz CT molecular complexity index is 972. The summed E-state index contributed by atoms with van der Waals surface area (Å²) < 4.78 is 51.3. The van der Waals surface area contributed by atoms with E-state index in [0.717, 1.165) is 0 Å². The minimum Gasteiger partial charge on any atom is -0.489 e. The van der Waals surface area contributed by atoms with E-state index < -0.39 is 6.36 Å². The van der Waals surface area contributed by atoms with Gasteiger partial charge in [-0.1, -0.05) is 12.1 Å². The van der Waals surface area contributed by atoms with E-state index in [9.17, 15) is 18.0 Å². The Morgan fingerprint density at radius 3 is 2.75 bits per heavy atom. The molecule has 2 aromatic carbocycles. The molecule has 28 heavy (non-hydrogen) atoms. The molecule has 0 saturated heterocycles. The third-order valence-electron chi connectivity index (χ3n) is 3.61. The van der Waals surface area contributed by atoms with Gasteiger partial charge in [0.25, 0.3) is 5.91 Å². The Labute approximate surface area is 157 Å². The van der Waals surface area contributed by atoms with Crippen molar-refractivity contribution in [1.29, 1.82) is 0 Å². The minimum absolute atomic E-state index is 0.0315. The summed E-state index contributed by atoms with van der Waals surface area (Å²) in [7, 11) is 1.41.